The lowest BCUT2D eigenvalue weighted by Gasteiger charge is -2.31. The van der Waals surface area contributed by atoms with Crippen molar-refractivity contribution in [1.82, 2.24) is 0 Å². The van der Waals surface area contributed by atoms with Gasteiger partial charge in [0.2, 0.25) is 6.54 Å². The second-order valence-corrected chi connectivity index (χ2v) is 5.25. The summed E-state index contributed by atoms with van der Waals surface area (Å²) in [6.07, 6.45) is 0.823. The average Bonchev–Trinajstić information content (AvgIpc) is 2.53. The summed E-state index contributed by atoms with van der Waals surface area (Å²) in [6.45, 7) is 1.48. The normalized spacial score (nSPS) is 14.9. The van der Waals surface area contributed by atoms with Crippen molar-refractivity contribution in [3.63, 3.8) is 0 Å². The predicted molar refractivity (Wildman–Crippen MR) is 80.9 cm³/mol. The van der Waals surface area contributed by atoms with Crippen molar-refractivity contribution in [1.29, 1.82) is 0 Å². The molecule has 21 heavy (non-hydrogen) atoms. The Labute approximate surface area is 123 Å². The molecule has 2 atom stereocenters. The van der Waals surface area contributed by atoms with E-state index in [9.17, 15) is 14.9 Å². The van der Waals surface area contributed by atoms with Crippen LogP contribution in [0.1, 0.15) is 24.0 Å². The Hall–Kier alpha value is -2.49. The molecule has 2 unspecified atom stereocenters. The Kier molecular flexibility index (Phi) is 4.48. The van der Waals surface area contributed by atoms with Crippen LogP contribution in [0, 0.1) is 10.1 Å². The summed E-state index contributed by atoms with van der Waals surface area (Å²) in [7, 11) is 0. The second-order valence-electron chi connectivity index (χ2n) is 5.25. The summed E-state index contributed by atoms with van der Waals surface area (Å²) >= 11 is 0. The van der Waals surface area contributed by atoms with E-state index in [1.807, 2.05) is 60.7 Å². The van der Waals surface area contributed by atoms with Crippen LogP contribution in [0.25, 0.3) is 0 Å². The summed E-state index contributed by atoms with van der Waals surface area (Å²) in [5.74, 6) is -0.506. The number of benzene rings is 2. The van der Waals surface area contributed by atoms with E-state index < -0.39 is 11.3 Å². The Morgan fingerprint density at radius 3 is 2.10 bits per heavy atom. The van der Waals surface area contributed by atoms with Gasteiger partial charge in [-0.25, -0.2) is 0 Å². The van der Waals surface area contributed by atoms with Crippen LogP contribution in [-0.4, -0.2) is 17.8 Å². The molecule has 0 saturated heterocycles. The molecule has 0 amide bonds. The third kappa shape index (κ3) is 3.16. The standard InChI is InChI=1S/C17H17NO3/c1-17(13-19,15-10-6-3-7-11-15)16(12-18(20)21)14-8-4-2-5-9-14/h2-11,13,16H,12H2,1H3. The van der Waals surface area contributed by atoms with Crippen molar-refractivity contribution in [2.24, 2.45) is 0 Å². The molecule has 0 bridgehead atoms. The molecule has 0 fully saturated rings. The number of hydrogen-bond acceptors (Lipinski definition) is 3. The molecule has 0 saturated carbocycles. The third-order valence-electron chi connectivity index (χ3n) is 3.90. The van der Waals surface area contributed by atoms with E-state index in [0.29, 0.717) is 0 Å². The van der Waals surface area contributed by atoms with Gasteiger partial charge in [0.15, 0.2) is 0 Å². The van der Waals surface area contributed by atoms with E-state index in [1.54, 1.807) is 6.92 Å². The van der Waals surface area contributed by atoms with Crippen LogP contribution < -0.4 is 0 Å². The van der Waals surface area contributed by atoms with Crippen LogP contribution >= 0.6 is 0 Å². The smallest absolute Gasteiger partial charge is 0.211 e. The minimum absolute atomic E-state index is 0.284. The maximum absolute atomic E-state index is 11.8. The summed E-state index contributed by atoms with van der Waals surface area (Å²) in [4.78, 5) is 22.5. The SMILES string of the molecule is CC(C=O)(c1ccccc1)C(C[N+](=O)[O-])c1ccccc1. The van der Waals surface area contributed by atoms with Gasteiger partial charge in [0.25, 0.3) is 0 Å². The van der Waals surface area contributed by atoms with Gasteiger partial charge in [0, 0.05) is 4.92 Å². The number of carbonyl (C=O) groups excluding carboxylic acids is 1. The molecule has 2 aromatic rings. The molecule has 0 spiro atoms. The molecule has 0 aromatic heterocycles. The molecule has 2 aromatic carbocycles. The minimum Gasteiger partial charge on any atom is -0.302 e. The molecule has 0 radical (unpaired) electrons. The van der Waals surface area contributed by atoms with Gasteiger partial charge >= 0.3 is 0 Å². The number of nitro groups is 1. The molecule has 4 heteroatoms. The molecule has 2 rings (SSSR count). The first-order valence-corrected chi connectivity index (χ1v) is 6.76. The first-order valence-electron chi connectivity index (χ1n) is 6.76. The lowest BCUT2D eigenvalue weighted by Crippen LogP contribution is -2.36. The summed E-state index contributed by atoms with van der Waals surface area (Å²) in [5, 5.41) is 11.1. The number of nitrogens with zero attached hydrogens (tertiary/aromatic N) is 1. The van der Waals surface area contributed by atoms with Gasteiger partial charge in [0.1, 0.15) is 6.29 Å². The minimum atomic E-state index is -0.935. The number of rotatable bonds is 6. The lowest BCUT2D eigenvalue weighted by atomic mass is 9.70. The third-order valence-corrected chi connectivity index (χ3v) is 3.90. The van der Waals surface area contributed by atoms with E-state index >= 15 is 0 Å². The molecule has 0 aliphatic carbocycles. The van der Waals surface area contributed by atoms with Crippen molar-refractivity contribution in [3.8, 4) is 0 Å². The predicted octanol–water partition coefficient (Wildman–Crippen LogP) is 3.20. The van der Waals surface area contributed by atoms with E-state index in [-0.39, 0.29) is 11.5 Å². The first kappa shape index (κ1) is 14.9. The highest BCUT2D eigenvalue weighted by molar-refractivity contribution is 5.70. The molecule has 0 aliphatic rings. The van der Waals surface area contributed by atoms with Crippen LogP contribution in [0.4, 0.5) is 0 Å². The summed E-state index contributed by atoms with van der Waals surface area (Å²) < 4.78 is 0. The highest BCUT2D eigenvalue weighted by Crippen LogP contribution is 2.37. The Bertz CT molecular complexity index is 612. The molecule has 0 aliphatic heterocycles. The topological polar surface area (TPSA) is 60.2 Å². The summed E-state index contributed by atoms with van der Waals surface area (Å²) in [6, 6.07) is 18.4. The average molecular weight is 283 g/mol. The van der Waals surface area contributed by atoms with Gasteiger partial charge in [0.05, 0.1) is 11.3 Å². The number of carbonyl (C=O) groups is 1. The highest BCUT2D eigenvalue weighted by Gasteiger charge is 2.40. The van der Waals surface area contributed by atoms with Gasteiger partial charge in [-0.05, 0) is 18.1 Å². The van der Waals surface area contributed by atoms with Gasteiger partial charge in [-0.15, -0.1) is 0 Å². The fourth-order valence-corrected chi connectivity index (χ4v) is 2.62. The molecular weight excluding hydrogens is 266 g/mol. The lowest BCUT2D eigenvalue weighted by molar-refractivity contribution is -0.484. The van der Waals surface area contributed by atoms with Crippen molar-refractivity contribution in [2.45, 2.75) is 18.3 Å². The molecule has 0 N–H and O–H groups in total. The zero-order chi connectivity index (χ0) is 15.3. The van der Waals surface area contributed by atoms with E-state index in [0.717, 1.165) is 17.4 Å². The van der Waals surface area contributed by atoms with E-state index in [1.165, 1.54) is 0 Å². The molecule has 4 nitrogen and oxygen atoms in total. The monoisotopic (exact) mass is 283 g/mol. The van der Waals surface area contributed by atoms with Gasteiger partial charge in [-0.1, -0.05) is 60.7 Å². The fraction of sp³-hybridized carbons (Fsp3) is 0.235. The van der Waals surface area contributed by atoms with Crippen molar-refractivity contribution in [2.75, 3.05) is 6.54 Å². The molecular formula is C17H17NO3. The zero-order valence-electron chi connectivity index (χ0n) is 11.8. The van der Waals surface area contributed by atoms with Crippen LogP contribution in [0.5, 0.6) is 0 Å². The molecule has 108 valence electrons. The highest BCUT2D eigenvalue weighted by atomic mass is 16.6. The summed E-state index contributed by atoms with van der Waals surface area (Å²) in [5.41, 5.74) is 0.652. The zero-order valence-corrected chi connectivity index (χ0v) is 11.8. The van der Waals surface area contributed by atoms with Crippen LogP contribution in [0.15, 0.2) is 60.7 Å². The van der Waals surface area contributed by atoms with Crippen LogP contribution in [-0.2, 0) is 10.2 Å². The Morgan fingerprint density at radius 1 is 1.10 bits per heavy atom. The van der Waals surface area contributed by atoms with Crippen LogP contribution in [0.2, 0.25) is 0 Å². The van der Waals surface area contributed by atoms with Crippen molar-refractivity contribution in [3.05, 3.63) is 81.9 Å². The maximum atomic E-state index is 11.8. The van der Waals surface area contributed by atoms with Crippen molar-refractivity contribution < 1.29 is 9.72 Å². The second kappa shape index (κ2) is 6.31. The van der Waals surface area contributed by atoms with E-state index in [2.05, 4.69) is 0 Å². The van der Waals surface area contributed by atoms with Gasteiger partial charge < -0.3 is 4.79 Å². The Balaban J connectivity index is 2.52. The van der Waals surface area contributed by atoms with Gasteiger partial charge in [-0.2, -0.15) is 0 Å². The van der Waals surface area contributed by atoms with Crippen molar-refractivity contribution >= 4 is 6.29 Å². The van der Waals surface area contributed by atoms with Gasteiger partial charge in [-0.3, -0.25) is 10.1 Å². The quantitative estimate of drug-likeness (QED) is 0.464. The number of hydrogen-bond donors (Lipinski definition) is 0. The first-order chi connectivity index (χ1) is 10.1. The Morgan fingerprint density at radius 2 is 1.62 bits per heavy atom. The van der Waals surface area contributed by atoms with E-state index in [4.69, 9.17) is 0 Å². The van der Waals surface area contributed by atoms with Crippen LogP contribution in [0.3, 0.4) is 0 Å². The molecule has 0 heterocycles. The fourth-order valence-electron chi connectivity index (χ4n) is 2.62. The maximum Gasteiger partial charge on any atom is 0.211 e. The largest absolute Gasteiger partial charge is 0.302 e. The number of aldehydes is 1.